The Bertz CT molecular complexity index is 548. The fourth-order valence-electron chi connectivity index (χ4n) is 4.04. The van der Waals surface area contributed by atoms with Gasteiger partial charge >= 0.3 is 0 Å². The van der Waals surface area contributed by atoms with Crippen LogP contribution in [0.1, 0.15) is 114 Å². The van der Waals surface area contributed by atoms with Gasteiger partial charge in [-0.3, -0.25) is 0 Å². The third-order valence-electron chi connectivity index (χ3n) is 5.97. The smallest absolute Gasteiger partial charge is 0.238 e. The predicted octanol–water partition coefficient (Wildman–Crippen LogP) is 9.13. The van der Waals surface area contributed by atoms with E-state index in [1.54, 1.807) is 0 Å². The van der Waals surface area contributed by atoms with Gasteiger partial charge < -0.3 is 5.73 Å². The molecule has 1 aromatic rings. The Balaban J connectivity index is 2.04. The number of hydrogen-bond acceptors (Lipinski definition) is 1. The summed E-state index contributed by atoms with van der Waals surface area (Å²) >= 11 is 0. The Morgan fingerprint density at radius 2 is 0.968 bits per heavy atom. The molecule has 0 amide bonds. The molecule has 1 aromatic carbocycles. The van der Waals surface area contributed by atoms with Gasteiger partial charge in [-0.1, -0.05) is 76.3 Å². The van der Waals surface area contributed by atoms with Crippen molar-refractivity contribution in [1.29, 1.82) is 0 Å². The summed E-state index contributed by atoms with van der Waals surface area (Å²) in [6.07, 6.45) is 12.3. The van der Waals surface area contributed by atoms with Crippen molar-refractivity contribution in [3.63, 3.8) is 0 Å². The van der Waals surface area contributed by atoms with Crippen LogP contribution in [0, 0.1) is 0 Å². The fourth-order valence-corrected chi connectivity index (χ4v) is 4.04. The first-order valence-electron chi connectivity index (χ1n) is 12.4. The van der Waals surface area contributed by atoms with E-state index in [2.05, 4.69) is 18.2 Å². The number of rotatable bonds is 20. The lowest BCUT2D eigenvalue weighted by molar-refractivity contribution is 0.133. The van der Waals surface area contributed by atoms with Crippen molar-refractivity contribution in [2.75, 3.05) is 5.73 Å². The molecule has 0 saturated heterocycles. The molecule has 0 atom stereocenters. The number of anilines is 1. The molecule has 31 heavy (non-hydrogen) atoms. The van der Waals surface area contributed by atoms with Crippen LogP contribution in [0.15, 0.2) is 18.2 Å². The van der Waals surface area contributed by atoms with Gasteiger partial charge in [-0.25, -0.2) is 17.6 Å². The van der Waals surface area contributed by atoms with Gasteiger partial charge in [-0.2, -0.15) is 0 Å². The van der Waals surface area contributed by atoms with Gasteiger partial charge in [-0.15, -0.1) is 0 Å². The maximum Gasteiger partial charge on any atom is 0.238 e. The van der Waals surface area contributed by atoms with E-state index in [0.717, 1.165) is 76.3 Å². The van der Waals surface area contributed by atoms with Crippen LogP contribution in [0.3, 0.4) is 0 Å². The molecule has 5 heteroatoms. The molecule has 1 nitrogen and oxygen atoms in total. The summed E-state index contributed by atoms with van der Waals surface area (Å²) in [5.41, 5.74) is 9.66. The second kappa shape index (κ2) is 18.3. The van der Waals surface area contributed by atoms with Crippen molar-refractivity contribution in [3.05, 3.63) is 29.3 Å². The third kappa shape index (κ3) is 16.1. The molecule has 1 rings (SSSR count). The third-order valence-corrected chi connectivity index (χ3v) is 5.97. The first-order valence-corrected chi connectivity index (χ1v) is 12.4. The number of aryl methyl sites for hydroxylation is 2. The van der Waals surface area contributed by atoms with Gasteiger partial charge in [-0.05, 0) is 55.7 Å². The topological polar surface area (TPSA) is 26.0 Å². The Labute approximate surface area is 187 Å². The lowest BCUT2D eigenvalue weighted by Gasteiger charge is -2.09. The van der Waals surface area contributed by atoms with E-state index in [0.29, 0.717) is 12.8 Å². The number of unbranched alkanes of at least 4 members (excludes halogenated alkanes) is 12. The first-order chi connectivity index (χ1) is 15.0. The number of halogens is 4. The van der Waals surface area contributed by atoms with Crippen LogP contribution in [-0.2, 0) is 12.8 Å². The van der Waals surface area contributed by atoms with E-state index in [1.807, 2.05) is 0 Å². The van der Waals surface area contributed by atoms with Crippen LogP contribution in [0.5, 0.6) is 0 Å². The average Bonchev–Trinajstić information content (AvgIpc) is 2.72. The second-order valence-corrected chi connectivity index (χ2v) is 8.84. The minimum Gasteiger partial charge on any atom is -0.398 e. The maximum atomic E-state index is 12.1. The molecule has 180 valence electrons. The summed E-state index contributed by atoms with van der Waals surface area (Å²) in [6.45, 7) is 0. The summed E-state index contributed by atoms with van der Waals surface area (Å²) in [5.74, 6) is 0. The summed E-state index contributed by atoms with van der Waals surface area (Å²) in [5, 5.41) is 0. The molecule has 0 heterocycles. The van der Waals surface area contributed by atoms with Crippen molar-refractivity contribution in [2.24, 2.45) is 0 Å². The van der Waals surface area contributed by atoms with Gasteiger partial charge in [0, 0.05) is 18.5 Å². The first kappa shape index (κ1) is 27.8. The summed E-state index contributed by atoms with van der Waals surface area (Å²) in [6, 6.07) is 6.47. The van der Waals surface area contributed by atoms with Crippen molar-refractivity contribution < 1.29 is 17.6 Å². The van der Waals surface area contributed by atoms with Gasteiger partial charge in [0.15, 0.2) is 0 Å². The average molecular weight is 446 g/mol. The summed E-state index contributed by atoms with van der Waals surface area (Å²) < 4.78 is 48.2. The zero-order chi connectivity index (χ0) is 22.7. The van der Waals surface area contributed by atoms with Crippen LogP contribution in [0.4, 0.5) is 23.2 Å². The highest BCUT2D eigenvalue weighted by Gasteiger charge is 2.04. The lowest BCUT2D eigenvalue weighted by Crippen LogP contribution is -1.97. The standard InChI is InChI=1S/C26H43F4N/c27-25(28)17-13-9-5-1-3-7-11-15-22-19-20-23(24(31)21-22)16-12-8-4-2-6-10-14-18-26(29)30/h19-21,25-26H,1-18,31H2. The second-order valence-electron chi connectivity index (χ2n) is 8.84. The van der Waals surface area contributed by atoms with E-state index in [4.69, 9.17) is 5.73 Å². The molecule has 0 saturated carbocycles. The molecule has 0 radical (unpaired) electrons. The maximum absolute atomic E-state index is 12.1. The molecular formula is C26H43F4N. The molecule has 0 fully saturated rings. The highest BCUT2D eigenvalue weighted by atomic mass is 19.3. The van der Waals surface area contributed by atoms with Gasteiger partial charge in [0.1, 0.15) is 0 Å². The minimum absolute atomic E-state index is 0.0425. The molecule has 2 N–H and O–H groups in total. The van der Waals surface area contributed by atoms with E-state index < -0.39 is 12.9 Å². The van der Waals surface area contributed by atoms with Gasteiger partial charge in [0.05, 0.1) is 0 Å². The zero-order valence-electron chi connectivity index (χ0n) is 19.2. The van der Waals surface area contributed by atoms with E-state index >= 15 is 0 Å². The summed E-state index contributed by atoms with van der Waals surface area (Å²) in [4.78, 5) is 0. The highest BCUT2D eigenvalue weighted by molar-refractivity contribution is 5.49. The predicted molar refractivity (Wildman–Crippen MR) is 124 cm³/mol. The molecule has 0 bridgehead atoms. The van der Waals surface area contributed by atoms with E-state index in [-0.39, 0.29) is 12.8 Å². The van der Waals surface area contributed by atoms with Crippen LogP contribution in [0.25, 0.3) is 0 Å². The van der Waals surface area contributed by atoms with Gasteiger partial charge in [0.25, 0.3) is 0 Å². The largest absolute Gasteiger partial charge is 0.398 e. The van der Waals surface area contributed by atoms with Crippen LogP contribution in [0.2, 0.25) is 0 Å². The van der Waals surface area contributed by atoms with Crippen LogP contribution < -0.4 is 5.73 Å². The summed E-state index contributed by atoms with van der Waals surface area (Å²) in [7, 11) is 0. The fraction of sp³-hybridized carbons (Fsp3) is 0.769. The molecule has 0 unspecified atom stereocenters. The minimum atomic E-state index is -2.15. The number of nitrogens with two attached hydrogens (primary N) is 1. The Kier molecular flexibility index (Phi) is 16.4. The Hall–Kier alpha value is -1.26. The molecular weight excluding hydrogens is 402 g/mol. The quantitative estimate of drug-likeness (QED) is 0.121. The lowest BCUT2D eigenvalue weighted by atomic mass is 9.99. The number of alkyl halides is 4. The number of hydrogen-bond donors (Lipinski definition) is 1. The SMILES string of the molecule is Nc1cc(CCCCCCCCCC(F)F)ccc1CCCCCCCCCC(F)F. The highest BCUT2D eigenvalue weighted by Crippen LogP contribution is 2.20. The Morgan fingerprint density at radius 1 is 0.548 bits per heavy atom. The van der Waals surface area contributed by atoms with E-state index in [9.17, 15) is 17.6 Å². The zero-order valence-corrected chi connectivity index (χ0v) is 19.2. The Morgan fingerprint density at radius 3 is 1.42 bits per heavy atom. The normalized spacial score (nSPS) is 11.7. The number of nitrogen functional groups attached to an aromatic ring is 1. The molecule has 0 aromatic heterocycles. The van der Waals surface area contributed by atoms with Crippen molar-refractivity contribution in [2.45, 2.75) is 128 Å². The van der Waals surface area contributed by atoms with Crippen LogP contribution >= 0.6 is 0 Å². The van der Waals surface area contributed by atoms with E-state index in [1.165, 1.54) is 30.4 Å². The number of benzene rings is 1. The molecule has 0 aliphatic carbocycles. The van der Waals surface area contributed by atoms with Crippen molar-refractivity contribution in [1.82, 2.24) is 0 Å². The van der Waals surface area contributed by atoms with Gasteiger partial charge in [0.2, 0.25) is 12.9 Å². The monoisotopic (exact) mass is 445 g/mol. The van der Waals surface area contributed by atoms with Crippen molar-refractivity contribution >= 4 is 5.69 Å². The molecule has 0 aliphatic rings. The molecule has 0 aliphatic heterocycles. The van der Waals surface area contributed by atoms with Crippen LogP contribution in [-0.4, -0.2) is 12.9 Å². The van der Waals surface area contributed by atoms with Crippen molar-refractivity contribution in [3.8, 4) is 0 Å². The molecule has 0 spiro atoms.